The van der Waals surface area contributed by atoms with E-state index in [9.17, 15) is 4.39 Å². The maximum atomic E-state index is 14.0. The van der Waals surface area contributed by atoms with E-state index < -0.39 is 0 Å². The minimum Gasteiger partial charge on any atom is -0.497 e. The third kappa shape index (κ3) is 4.00. The second kappa shape index (κ2) is 8.24. The molecule has 0 spiro atoms. The summed E-state index contributed by atoms with van der Waals surface area (Å²) < 4.78 is 23.8. The Balaban J connectivity index is 1.43. The molecule has 1 aliphatic rings. The molecule has 1 fully saturated rings. The lowest BCUT2D eigenvalue weighted by molar-refractivity contribution is 0.179. The van der Waals surface area contributed by atoms with Crippen molar-refractivity contribution in [3.05, 3.63) is 59.9 Å². The summed E-state index contributed by atoms with van der Waals surface area (Å²) in [6, 6.07) is 15.1. The first-order valence-electron chi connectivity index (χ1n) is 9.34. The molecular formula is C21H23FN4OS. The number of benzene rings is 2. The van der Waals surface area contributed by atoms with Gasteiger partial charge in [0.25, 0.3) is 0 Å². The number of anilines is 1. The number of methoxy groups -OCH3 is 1. The number of hydrogen-bond acceptors (Lipinski definition) is 6. The molecule has 3 aromatic rings. The van der Waals surface area contributed by atoms with Gasteiger partial charge in [-0.3, -0.25) is 4.90 Å². The highest BCUT2D eigenvalue weighted by Gasteiger charge is 2.26. The minimum atomic E-state index is -0.135. The van der Waals surface area contributed by atoms with Crippen LogP contribution in [0.5, 0.6) is 5.75 Å². The Labute approximate surface area is 168 Å². The summed E-state index contributed by atoms with van der Waals surface area (Å²) in [4.78, 5) is 9.32. The van der Waals surface area contributed by atoms with E-state index in [-0.39, 0.29) is 5.82 Å². The molecule has 1 aliphatic heterocycles. The molecule has 0 bridgehead atoms. The molecule has 0 amide bonds. The van der Waals surface area contributed by atoms with Gasteiger partial charge in [0.15, 0.2) is 5.82 Å². The van der Waals surface area contributed by atoms with Crippen LogP contribution in [0.3, 0.4) is 0 Å². The largest absolute Gasteiger partial charge is 0.497 e. The van der Waals surface area contributed by atoms with Gasteiger partial charge in [-0.25, -0.2) is 4.39 Å². The van der Waals surface area contributed by atoms with Crippen molar-refractivity contribution < 1.29 is 9.13 Å². The second-order valence-corrected chi connectivity index (χ2v) is 7.72. The van der Waals surface area contributed by atoms with Crippen LogP contribution in [0.2, 0.25) is 0 Å². The molecule has 0 radical (unpaired) electrons. The highest BCUT2D eigenvalue weighted by Crippen LogP contribution is 2.28. The van der Waals surface area contributed by atoms with Crippen LogP contribution in [0.15, 0.2) is 48.5 Å². The molecule has 0 aliphatic carbocycles. The summed E-state index contributed by atoms with van der Waals surface area (Å²) in [6.45, 7) is 5.38. The molecule has 1 unspecified atom stereocenters. The minimum absolute atomic E-state index is 0.135. The monoisotopic (exact) mass is 398 g/mol. The van der Waals surface area contributed by atoms with Gasteiger partial charge >= 0.3 is 0 Å². The average Bonchev–Trinajstić information content (AvgIpc) is 3.21. The smallest absolute Gasteiger partial charge is 0.205 e. The van der Waals surface area contributed by atoms with Crippen LogP contribution in [0, 0.1) is 5.82 Å². The van der Waals surface area contributed by atoms with Gasteiger partial charge in [-0.2, -0.15) is 9.36 Å². The predicted octanol–water partition coefficient (Wildman–Crippen LogP) is 4.06. The number of hydrogen-bond donors (Lipinski definition) is 0. The molecule has 28 heavy (non-hydrogen) atoms. The first-order valence-corrected chi connectivity index (χ1v) is 10.1. The van der Waals surface area contributed by atoms with E-state index >= 15 is 0 Å². The summed E-state index contributed by atoms with van der Waals surface area (Å²) in [5.74, 6) is 1.38. The van der Waals surface area contributed by atoms with Gasteiger partial charge in [0.2, 0.25) is 5.13 Å². The van der Waals surface area contributed by atoms with Gasteiger partial charge < -0.3 is 9.64 Å². The van der Waals surface area contributed by atoms with E-state index in [4.69, 9.17) is 9.72 Å². The summed E-state index contributed by atoms with van der Waals surface area (Å²) in [5.41, 5.74) is 1.70. The Hall–Kier alpha value is -2.51. The molecule has 1 aromatic heterocycles. The average molecular weight is 399 g/mol. The number of nitrogens with zero attached hydrogens (tertiary/aromatic N) is 4. The predicted molar refractivity (Wildman–Crippen MR) is 110 cm³/mol. The van der Waals surface area contributed by atoms with Crippen molar-refractivity contribution in [3.63, 3.8) is 0 Å². The zero-order valence-corrected chi connectivity index (χ0v) is 16.8. The third-order valence-electron chi connectivity index (χ3n) is 5.11. The number of ether oxygens (including phenoxy) is 1. The molecule has 5 nitrogen and oxygen atoms in total. The van der Waals surface area contributed by atoms with E-state index in [0.29, 0.717) is 12.6 Å². The van der Waals surface area contributed by atoms with E-state index in [1.807, 2.05) is 36.4 Å². The van der Waals surface area contributed by atoms with Crippen molar-refractivity contribution in [1.29, 1.82) is 0 Å². The number of aromatic nitrogens is 2. The maximum absolute atomic E-state index is 14.0. The molecule has 2 heterocycles. The fraction of sp³-hybridized carbons (Fsp3) is 0.333. The summed E-state index contributed by atoms with van der Waals surface area (Å²) in [6.07, 6.45) is 0. The van der Waals surface area contributed by atoms with Crippen molar-refractivity contribution in [1.82, 2.24) is 14.3 Å². The maximum Gasteiger partial charge on any atom is 0.205 e. The van der Waals surface area contributed by atoms with Crippen molar-refractivity contribution in [2.24, 2.45) is 0 Å². The molecule has 0 N–H and O–H groups in total. The summed E-state index contributed by atoms with van der Waals surface area (Å²) in [7, 11) is 1.65. The fourth-order valence-corrected chi connectivity index (χ4v) is 4.20. The number of piperazine rings is 1. The van der Waals surface area contributed by atoms with Crippen LogP contribution in [-0.4, -0.2) is 47.0 Å². The van der Waals surface area contributed by atoms with E-state index in [1.54, 1.807) is 13.2 Å². The Morgan fingerprint density at radius 3 is 2.82 bits per heavy atom. The molecule has 146 valence electrons. The number of halogens is 1. The molecule has 1 saturated heterocycles. The van der Waals surface area contributed by atoms with Gasteiger partial charge in [0, 0.05) is 54.9 Å². The summed E-state index contributed by atoms with van der Waals surface area (Å²) in [5, 5.41) is 0.926. The quantitative estimate of drug-likeness (QED) is 0.648. The van der Waals surface area contributed by atoms with E-state index in [0.717, 1.165) is 47.5 Å². The molecular weight excluding hydrogens is 375 g/mol. The van der Waals surface area contributed by atoms with Crippen LogP contribution in [-0.2, 0) is 6.54 Å². The topological polar surface area (TPSA) is 41.5 Å². The first-order chi connectivity index (χ1) is 13.6. The SMILES string of the molecule is COc1cccc(-c2nsc(N3CCN(Cc4ccccc4F)C(C)C3)n2)c1. The highest BCUT2D eigenvalue weighted by molar-refractivity contribution is 7.09. The van der Waals surface area contributed by atoms with Crippen molar-refractivity contribution in [2.75, 3.05) is 31.6 Å². The Morgan fingerprint density at radius 1 is 1.18 bits per heavy atom. The lowest BCUT2D eigenvalue weighted by Gasteiger charge is -2.39. The van der Waals surface area contributed by atoms with Crippen molar-refractivity contribution >= 4 is 16.7 Å². The highest BCUT2D eigenvalue weighted by atomic mass is 32.1. The molecule has 4 rings (SSSR count). The van der Waals surface area contributed by atoms with Crippen LogP contribution in [0.1, 0.15) is 12.5 Å². The van der Waals surface area contributed by atoms with Crippen LogP contribution in [0.25, 0.3) is 11.4 Å². The van der Waals surface area contributed by atoms with Gasteiger partial charge in [-0.05, 0) is 25.1 Å². The van der Waals surface area contributed by atoms with Gasteiger partial charge in [-0.15, -0.1) is 0 Å². The lowest BCUT2D eigenvalue weighted by Crippen LogP contribution is -2.51. The molecule has 0 saturated carbocycles. The van der Waals surface area contributed by atoms with Crippen LogP contribution < -0.4 is 9.64 Å². The van der Waals surface area contributed by atoms with Crippen LogP contribution in [0.4, 0.5) is 9.52 Å². The fourth-order valence-electron chi connectivity index (χ4n) is 3.47. The second-order valence-electron chi connectivity index (χ2n) is 6.99. The van der Waals surface area contributed by atoms with Gasteiger partial charge in [-0.1, -0.05) is 30.3 Å². The Kier molecular flexibility index (Phi) is 5.54. The van der Waals surface area contributed by atoms with Crippen molar-refractivity contribution in [3.8, 4) is 17.1 Å². The van der Waals surface area contributed by atoms with E-state index in [1.165, 1.54) is 17.6 Å². The first kappa shape index (κ1) is 18.8. The Morgan fingerprint density at radius 2 is 2.04 bits per heavy atom. The molecule has 7 heteroatoms. The normalized spacial score (nSPS) is 17.7. The van der Waals surface area contributed by atoms with Crippen LogP contribution >= 0.6 is 11.5 Å². The Bertz CT molecular complexity index is 947. The zero-order valence-electron chi connectivity index (χ0n) is 16.0. The molecule has 1 atom stereocenters. The standard InChI is InChI=1S/C21H23FN4OS/c1-15-13-26(11-10-25(15)14-17-6-3-4-9-19(17)22)21-23-20(24-28-21)16-7-5-8-18(12-16)27-2/h3-9,12,15H,10-11,13-14H2,1-2H3. The molecule has 2 aromatic carbocycles. The van der Waals surface area contributed by atoms with Gasteiger partial charge in [0.1, 0.15) is 11.6 Å². The number of rotatable bonds is 5. The summed E-state index contributed by atoms with van der Waals surface area (Å²) >= 11 is 1.42. The lowest BCUT2D eigenvalue weighted by atomic mass is 10.1. The van der Waals surface area contributed by atoms with Crippen molar-refractivity contribution in [2.45, 2.75) is 19.5 Å². The van der Waals surface area contributed by atoms with Gasteiger partial charge in [0.05, 0.1) is 7.11 Å². The van der Waals surface area contributed by atoms with E-state index in [2.05, 4.69) is 21.1 Å². The zero-order chi connectivity index (χ0) is 19.5. The third-order valence-corrected chi connectivity index (χ3v) is 5.89.